The first-order valence-corrected chi connectivity index (χ1v) is 5.37. The molecule has 0 saturated heterocycles. The molecule has 0 aliphatic heterocycles. The first-order valence-electron chi connectivity index (χ1n) is 4.58. The number of hydrogen-bond donors (Lipinski definition) is 0. The van der Waals surface area contributed by atoms with Crippen molar-refractivity contribution in [3.05, 3.63) is 28.0 Å². The van der Waals surface area contributed by atoms with Crippen LogP contribution in [0.5, 0.6) is 5.75 Å². The largest absolute Gasteiger partial charge is 0.495 e. The molecular weight excluding hydrogens is 261 g/mol. The maximum Gasteiger partial charge on any atom is 0.138 e. The van der Waals surface area contributed by atoms with E-state index in [1.54, 1.807) is 0 Å². The van der Waals surface area contributed by atoms with Crippen molar-refractivity contribution in [2.45, 2.75) is 18.3 Å². The highest BCUT2D eigenvalue weighted by Gasteiger charge is 2.47. The normalized spacial score (nSPS) is 16.9. The van der Waals surface area contributed by atoms with E-state index in [0.29, 0.717) is 15.8 Å². The molecule has 0 unspecified atom stereocenters. The van der Waals surface area contributed by atoms with Crippen molar-refractivity contribution < 1.29 is 9.13 Å². The van der Waals surface area contributed by atoms with Crippen LogP contribution in [-0.2, 0) is 5.41 Å². The summed E-state index contributed by atoms with van der Waals surface area (Å²) in [4.78, 5) is 0. The van der Waals surface area contributed by atoms with E-state index in [2.05, 4.69) is 22.0 Å². The highest BCUT2D eigenvalue weighted by molar-refractivity contribution is 9.10. The lowest BCUT2D eigenvalue weighted by Crippen LogP contribution is -2.06. The molecule has 0 radical (unpaired) electrons. The molecule has 0 heterocycles. The fourth-order valence-corrected chi connectivity index (χ4v) is 2.28. The van der Waals surface area contributed by atoms with Gasteiger partial charge in [-0.1, -0.05) is 0 Å². The Bertz CT molecular complexity index is 449. The Morgan fingerprint density at radius 3 is 2.67 bits per heavy atom. The molecule has 0 aromatic heterocycles. The maximum absolute atomic E-state index is 13.2. The zero-order chi connectivity index (χ0) is 11.1. The van der Waals surface area contributed by atoms with Crippen molar-refractivity contribution in [2.24, 2.45) is 0 Å². The second-order valence-electron chi connectivity index (χ2n) is 3.66. The Morgan fingerprint density at radius 2 is 2.20 bits per heavy atom. The Morgan fingerprint density at radius 1 is 1.53 bits per heavy atom. The Balaban J connectivity index is 2.60. The monoisotopic (exact) mass is 269 g/mol. The molecule has 0 N–H and O–H groups in total. The second kappa shape index (κ2) is 3.49. The molecule has 1 fully saturated rings. The number of benzene rings is 1. The molecule has 1 aliphatic carbocycles. The van der Waals surface area contributed by atoms with Crippen LogP contribution in [0.25, 0.3) is 0 Å². The summed E-state index contributed by atoms with van der Waals surface area (Å²) >= 11 is 3.23. The average molecular weight is 270 g/mol. The summed E-state index contributed by atoms with van der Waals surface area (Å²) in [5.41, 5.74) is 0.120. The van der Waals surface area contributed by atoms with Crippen LogP contribution in [0.3, 0.4) is 0 Å². The minimum atomic E-state index is -0.532. The van der Waals surface area contributed by atoms with Gasteiger partial charge in [0, 0.05) is 5.56 Å². The highest BCUT2D eigenvalue weighted by Crippen LogP contribution is 2.52. The molecular formula is C11H9BrFNO. The van der Waals surface area contributed by atoms with E-state index in [4.69, 9.17) is 10.00 Å². The third kappa shape index (κ3) is 1.61. The average Bonchev–Trinajstić information content (AvgIpc) is 2.97. The van der Waals surface area contributed by atoms with Gasteiger partial charge in [0.15, 0.2) is 0 Å². The quantitative estimate of drug-likeness (QED) is 0.827. The number of rotatable bonds is 2. The van der Waals surface area contributed by atoms with Gasteiger partial charge in [-0.2, -0.15) is 5.26 Å². The van der Waals surface area contributed by atoms with Crippen LogP contribution in [0.1, 0.15) is 18.4 Å². The summed E-state index contributed by atoms with van der Waals surface area (Å²) in [5.74, 6) is 0.217. The van der Waals surface area contributed by atoms with E-state index in [-0.39, 0.29) is 5.82 Å². The SMILES string of the molecule is COc1c(Br)cc(F)cc1C1(C#N)CC1. The van der Waals surface area contributed by atoms with Crippen LogP contribution in [0.2, 0.25) is 0 Å². The molecule has 2 rings (SSSR count). The zero-order valence-corrected chi connectivity index (χ0v) is 9.77. The highest BCUT2D eigenvalue weighted by atomic mass is 79.9. The van der Waals surface area contributed by atoms with Gasteiger partial charge < -0.3 is 4.74 Å². The van der Waals surface area contributed by atoms with Gasteiger partial charge in [0.2, 0.25) is 0 Å². The molecule has 4 heteroatoms. The molecule has 2 nitrogen and oxygen atoms in total. The van der Waals surface area contributed by atoms with E-state index in [9.17, 15) is 4.39 Å². The van der Waals surface area contributed by atoms with Gasteiger partial charge in [-0.3, -0.25) is 0 Å². The van der Waals surface area contributed by atoms with Crippen molar-refractivity contribution in [2.75, 3.05) is 7.11 Å². The van der Waals surface area contributed by atoms with Gasteiger partial charge in [-0.15, -0.1) is 0 Å². The number of nitrogens with zero attached hydrogens (tertiary/aromatic N) is 1. The van der Waals surface area contributed by atoms with E-state index in [1.807, 2.05) is 0 Å². The molecule has 0 bridgehead atoms. The fraction of sp³-hybridized carbons (Fsp3) is 0.364. The molecule has 78 valence electrons. The number of halogens is 2. The first-order chi connectivity index (χ1) is 7.13. The van der Waals surface area contributed by atoms with Crippen LogP contribution in [0.4, 0.5) is 4.39 Å². The predicted octanol–water partition coefficient (Wildman–Crippen LogP) is 3.15. The minimum absolute atomic E-state index is 0.348. The summed E-state index contributed by atoms with van der Waals surface area (Å²) in [5, 5.41) is 9.07. The van der Waals surface area contributed by atoms with Crippen molar-refractivity contribution in [3.63, 3.8) is 0 Å². The maximum atomic E-state index is 13.2. The van der Waals surface area contributed by atoms with Crippen LogP contribution >= 0.6 is 15.9 Å². The van der Waals surface area contributed by atoms with Crippen LogP contribution in [0.15, 0.2) is 16.6 Å². The third-order valence-electron chi connectivity index (χ3n) is 2.69. The van der Waals surface area contributed by atoms with Crippen molar-refractivity contribution in [1.29, 1.82) is 5.26 Å². The molecule has 1 aromatic rings. The van der Waals surface area contributed by atoms with E-state index in [1.165, 1.54) is 19.2 Å². The lowest BCUT2D eigenvalue weighted by Gasteiger charge is -2.13. The van der Waals surface area contributed by atoms with Gasteiger partial charge in [-0.05, 0) is 40.9 Å². The van der Waals surface area contributed by atoms with E-state index >= 15 is 0 Å². The molecule has 15 heavy (non-hydrogen) atoms. The van der Waals surface area contributed by atoms with Gasteiger partial charge in [0.05, 0.1) is 23.1 Å². The summed E-state index contributed by atoms with van der Waals surface area (Å²) in [6.45, 7) is 0. The van der Waals surface area contributed by atoms with Crippen LogP contribution in [-0.4, -0.2) is 7.11 Å². The summed E-state index contributed by atoms with van der Waals surface area (Å²) in [6.07, 6.45) is 1.55. The van der Waals surface area contributed by atoms with E-state index < -0.39 is 5.41 Å². The second-order valence-corrected chi connectivity index (χ2v) is 4.52. The molecule has 1 aromatic carbocycles. The molecule has 0 spiro atoms. The van der Waals surface area contributed by atoms with Gasteiger partial charge in [-0.25, -0.2) is 4.39 Å². The van der Waals surface area contributed by atoms with Crippen molar-refractivity contribution in [3.8, 4) is 11.8 Å². The van der Waals surface area contributed by atoms with Gasteiger partial charge in [0.25, 0.3) is 0 Å². The topological polar surface area (TPSA) is 33.0 Å². The molecule has 1 aliphatic rings. The number of methoxy groups -OCH3 is 1. The fourth-order valence-electron chi connectivity index (χ4n) is 1.69. The molecule has 0 atom stereocenters. The molecule has 0 amide bonds. The lowest BCUT2D eigenvalue weighted by atomic mass is 9.96. The zero-order valence-electron chi connectivity index (χ0n) is 8.18. The van der Waals surface area contributed by atoms with Crippen molar-refractivity contribution in [1.82, 2.24) is 0 Å². The summed E-state index contributed by atoms with van der Waals surface area (Å²) in [7, 11) is 1.52. The Labute approximate surface area is 95.8 Å². The molecule has 1 saturated carbocycles. The number of nitriles is 1. The van der Waals surface area contributed by atoms with Crippen LogP contribution in [0, 0.1) is 17.1 Å². The third-order valence-corrected chi connectivity index (χ3v) is 3.28. The first kappa shape index (κ1) is 10.4. The van der Waals surface area contributed by atoms with Crippen LogP contribution < -0.4 is 4.74 Å². The van der Waals surface area contributed by atoms with Gasteiger partial charge in [0.1, 0.15) is 11.6 Å². The Hall–Kier alpha value is -1.08. The summed E-state index contributed by atoms with van der Waals surface area (Å²) in [6, 6.07) is 4.96. The smallest absolute Gasteiger partial charge is 0.138 e. The van der Waals surface area contributed by atoms with E-state index in [0.717, 1.165) is 12.8 Å². The van der Waals surface area contributed by atoms with Crippen molar-refractivity contribution >= 4 is 15.9 Å². The lowest BCUT2D eigenvalue weighted by molar-refractivity contribution is 0.403. The number of ether oxygens (including phenoxy) is 1. The Kier molecular flexibility index (Phi) is 2.43. The summed E-state index contributed by atoms with van der Waals surface area (Å²) < 4.78 is 19.0. The standard InChI is InChI=1S/C11H9BrFNO/c1-15-10-8(11(6-14)2-3-11)4-7(13)5-9(10)12/h4-5H,2-3H2,1H3. The number of hydrogen-bond acceptors (Lipinski definition) is 2. The minimum Gasteiger partial charge on any atom is -0.495 e. The predicted molar refractivity (Wildman–Crippen MR) is 57.2 cm³/mol. The van der Waals surface area contributed by atoms with Gasteiger partial charge >= 0.3 is 0 Å².